The molecule has 0 fully saturated rings. The number of aliphatic imine (C=N–C) groups is 1. The van der Waals surface area contributed by atoms with Crippen LogP contribution in [0.4, 0.5) is 0 Å². The minimum Gasteiger partial charge on any atom is -0.357 e. The lowest BCUT2D eigenvalue weighted by atomic mass is 9.99. The van der Waals surface area contributed by atoms with Crippen LogP contribution in [0.3, 0.4) is 0 Å². The lowest BCUT2D eigenvalue weighted by molar-refractivity contribution is 0.368. The van der Waals surface area contributed by atoms with Gasteiger partial charge in [-0.25, -0.2) is 0 Å². The molecule has 10 heteroatoms. The molecule has 2 atom stereocenters. The van der Waals surface area contributed by atoms with Crippen LogP contribution in [0.15, 0.2) is 4.99 Å². The van der Waals surface area contributed by atoms with Crippen molar-refractivity contribution in [2.24, 2.45) is 10.9 Å². The van der Waals surface area contributed by atoms with Gasteiger partial charge in [-0.3, -0.25) is 4.99 Å². The molecule has 166 valence electrons. The molecule has 2 aliphatic heterocycles. The lowest BCUT2D eigenvalue weighted by Crippen LogP contribution is -2.47. The van der Waals surface area contributed by atoms with Gasteiger partial charge in [-0.1, -0.05) is 13.8 Å². The molecule has 0 aliphatic carbocycles. The molecular weight excluding hydrogens is 493 g/mol. The molecule has 2 aromatic heterocycles. The van der Waals surface area contributed by atoms with E-state index >= 15 is 0 Å². The molecule has 0 saturated heterocycles. The number of aryl methyl sites for hydroxylation is 3. The lowest BCUT2D eigenvalue weighted by Gasteiger charge is -2.28. The fourth-order valence-electron chi connectivity index (χ4n) is 4.31. The van der Waals surface area contributed by atoms with Crippen LogP contribution in [-0.4, -0.2) is 54.6 Å². The number of hydrogen-bond donors (Lipinski definition) is 2. The second-order valence-corrected chi connectivity index (χ2v) is 8.52. The normalized spacial score (nSPS) is 21.0. The quantitative estimate of drug-likeness (QED) is 0.351. The average Bonchev–Trinajstić information content (AvgIpc) is 3.30. The van der Waals surface area contributed by atoms with E-state index < -0.39 is 0 Å². The van der Waals surface area contributed by atoms with E-state index in [-0.39, 0.29) is 24.0 Å². The zero-order chi connectivity index (χ0) is 20.4. The van der Waals surface area contributed by atoms with Gasteiger partial charge >= 0.3 is 0 Å². The summed E-state index contributed by atoms with van der Waals surface area (Å²) in [6.07, 6.45) is 4.11. The topological polar surface area (TPSA) is 97.8 Å². The standard InChI is InChI=1S/C20H33N9.HI/c1-5-21-20(22-10-15-6-8-17-25-24-14(4)28(17)11-15)23-16-7-9-18-26-27-19(13(2)3)29(18)12-16;/h13,15-16H,5-12H2,1-4H3,(H2,21,22,23);1H. The molecule has 0 radical (unpaired) electrons. The highest BCUT2D eigenvalue weighted by molar-refractivity contribution is 14.0. The van der Waals surface area contributed by atoms with Crippen molar-refractivity contribution < 1.29 is 0 Å². The van der Waals surface area contributed by atoms with Gasteiger partial charge < -0.3 is 19.8 Å². The molecule has 9 nitrogen and oxygen atoms in total. The van der Waals surface area contributed by atoms with Crippen molar-refractivity contribution in [3.63, 3.8) is 0 Å². The van der Waals surface area contributed by atoms with Gasteiger partial charge in [0.1, 0.15) is 23.3 Å². The van der Waals surface area contributed by atoms with E-state index in [1.54, 1.807) is 0 Å². The molecule has 4 rings (SSSR count). The summed E-state index contributed by atoms with van der Waals surface area (Å²) in [7, 11) is 0. The number of hydrogen-bond acceptors (Lipinski definition) is 5. The smallest absolute Gasteiger partial charge is 0.191 e. The molecule has 2 unspecified atom stereocenters. The summed E-state index contributed by atoms with van der Waals surface area (Å²) in [5.74, 6) is 6.12. The maximum absolute atomic E-state index is 4.92. The molecule has 0 saturated carbocycles. The van der Waals surface area contributed by atoms with Crippen LogP contribution in [0, 0.1) is 12.8 Å². The van der Waals surface area contributed by atoms with Gasteiger partial charge in [0.05, 0.1) is 0 Å². The van der Waals surface area contributed by atoms with Gasteiger partial charge in [-0.05, 0) is 32.6 Å². The SMILES string of the molecule is CCNC(=NCC1CCc2nnc(C)n2C1)NC1CCc2nnc(C(C)C)n2C1.I. The van der Waals surface area contributed by atoms with Gasteiger partial charge in [0.25, 0.3) is 0 Å². The number of aromatic nitrogens is 6. The van der Waals surface area contributed by atoms with E-state index in [0.717, 1.165) is 81.1 Å². The predicted octanol–water partition coefficient (Wildman–Crippen LogP) is 2.05. The number of halogens is 1. The summed E-state index contributed by atoms with van der Waals surface area (Å²) in [5, 5.41) is 24.3. The van der Waals surface area contributed by atoms with Gasteiger partial charge in [0.2, 0.25) is 0 Å². The second kappa shape index (κ2) is 10.1. The molecule has 2 aliphatic rings. The first-order chi connectivity index (χ1) is 14.0. The molecule has 0 spiro atoms. The highest BCUT2D eigenvalue weighted by Crippen LogP contribution is 2.21. The first-order valence-corrected chi connectivity index (χ1v) is 10.9. The van der Waals surface area contributed by atoms with Crippen molar-refractivity contribution in [1.82, 2.24) is 40.2 Å². The van der Waals surface area contributed by atoms with Crippen LogP contribution in [0.25, 0.3) is 0 Å². The minimum atomic E-state index is 0. The molecule has 0 amide bonds. The molecule has 4 heterocycles. The Kier molecular flexibility index (Phi) is 7.70. The van der Waals surface area contributed by atoms with Crippen molar-refractivity contribution in [3.05, 3.63) is 23.3 Å². The van der Waals surface area contributed by atoms with Crippen LogP contribution in [-0.2, 0) is 25.9 Å². The highest BCUT2D eigenvalue weighted by Gasteiger charge is 2.25. The third-order valence-corrected chi connectivity index (χ3v) is 5.91. The summed E-state index contributed by atoms with van der Waals surface area (Å²) in [6.45, 7) is 12.0. The van der Waals surface area contributed by atoms with Crippen LogP contribution < -0.4 is 10.6 Å². The Morgan fingerprint density at radius 3 is 2.57 bits per heavy atom. The second-order valence-electron chi connectivity index (χ2n) is 8.52. The minimum absolute atomic E-state index is 0. The van der Waals surface area contributed by atoms with Crippen LogP contribution in [0.1, 0.15) is 62.8 Å². The Bertz CT molecular complexity index is 870. The summed E-state index contributed by atoms with van der Waals surface area (Å²) < 4.78 is 4.53. The van der Waals surface area contributed by atoms with E-state index in [9.17, 15) is 0 Å². The van der Waals surface area contributed by atoms with Crippen molar-refractivity contribution in [3.8, 4) is 0 Å². The van der Waals surface area contributed by atoms with Crippen molar-refractivity contribution in [2.75, 3.05) is 13.1 Å². The zero-order valence-corrected chi connectivity index (χ0v) is 20.8. The highest BCUT2D eigenvalue weighted by atomic mass is 127. The fourth-order valence-corrected chi connectivity index (χ4v) is 4.31. The number of nitrogens with one attached hydrogen (secondary N) is 2. The van der Waals surface area contributed by atoms with E-state index in [2.05, 4.69) is 60.9 Å². The van der Waals surface area contributed by atoms with Crippen LogP contribution in [0.5, 0.6) is 0 Å². The largest absolute Gasteiger partial charge is 0.357 e. The van der Waals surface area contributed by atoms with Gasteiger partial charge in [-0.15, -0.1) is 44.4 Å². The number of rotatable bonds is 5. The number of fused-ring (bicyclic) bond motifs is 2. The molecule has 2 aromatic rings. The van der Waals surface area contributed by atoms with Crippen molar-refractivity contribution >= 4 is 29.9 Å². The first-order valence-electron chi connectivity index (χ1n) is 10.9. The molecule has 30 heavy (non-hydrogen) atoms. The van der Waals surface area contributed by atoms with Crippen molar-refractivity contribution in [1.29, 1.82) is 0 Å². The third-order valence-electron chi connectivity index (χ3n) is 5.91. The molecular formula is C20H34IN9. The summed E-state index contributed by atoms with van der Waals surface area (Å²) in [5.41, 5.74) is 0. The Morgan fingerprint density at radius 1 is 1.07 bits per heavy atom. The average molecular weight is 527 g/mol. The van der Waals surface area contributed by atoms with Crippen molar-refractivity contribution in [2.45, 2.75) is 78.4 Å². The Hall–Kier alpha value is -1.72. The zero-order valence-electron chi connectivity index (χ0n) is 18.4. The molecule has 2 N–H and O–H groups in total. The monoisotopic (exact) mass is 527 g/mol. The van der Waals surface area contributed by atoms with E-state index in [4.69, 9.17) is 4.99 Å². The number of nitrogens with zero attached hydrogens (tertiary/aromatic N) is 7. The molecule has 0 bridgehead atoms. The van der Waals surface area contributed by atoms with Gasteiger partial charge in [0.15, 0.2) is 5.96 Å². The summed E-state index contributed by atoms with van der Waals surface area (Å²) in [6, 6.07) is 0.340. The fraction of sp³-hybridized carbons (Fsp3) is 0.750. The van der Waals surface area contributed by atoms with E-state index in [1.807, 2.05) is 6.92 Å². The Morgan fingerprint density at radius 2 is 1.80 bits per heavy atom. The van der Waals surface area contributed by atoms with Crippen LogP contribution >= 0.6 is 24.0 Å². The van der Waals surface area contributed by atoms with Crippen LogP contribution in [0.2, 0.25) is 0 Å². The Labute approximate surface area is 195 Å². The third kappa shape index (κ3) is 4.94. The predicted molar refractivity (Wildman–Crippen MR) is 127 cm³/mol. The maximum atomic E-state index is 4.92. The first kappa shape index (κ1) is 23.0. The van der Waals surface area contributed by atoms with Gasteiger partial charge in [0, 0.05) is 51.0 Å². The molecule has 0 aromatic carbocycles. The van der Waals surface area contributed by atoms with E-state index in [1.165, 1.54) is 0 Å². The van der Waals surface area contributed by atoms with E-state index in [0.29, 0.717) is 17.9 Å². The number of guanidine groups is 1. The maximum Gasteiger partial charge on any atom is 0.191 e. The summed E-state index contributed by atoms with van der Waals surface area (Å²) >= 11 is 0. The Balaban J connectivity index is 0.00000256. The van der Waals surface area contributed by atoms with Gasteiger partial charge in [-0.2, -0.15) is 0 Å². The summed E-state index contributed by atoms with van der Waals surface area (Å²) in [4.78, 5) is 4.92.